The van der Waals surface area contributed by atoms with Gasteiger partial charge in [0.05, 0.1) is 13.0 Å². The van der Waals surface area contributed by atoms with Crippen LogP contribution in [0.4, 0.5) is 4.79 Å². The first-order chi connectivity index (χ1) is 18.4. The number of amides is 3. The first-order valence-corrected chi connectivity index (χ1v) is 14.3. The first kappa shape index (κ1) is 34.9. The van der Waals surface area contributed by atoms with Gasteiger partial charge in [0.15, 0.2) is 0 Å². The summed E-state index contributed by atoms with van der Waals surface area (Å²) >= 11 is 0. The fraction of sp³-hybridized carbons (Fsp3) is 0.677. The van der Waals surface area contributed by atoms with E-state index in [4.69, 9.17) is 9.47 Å². The van der Waals surface area contributed by atoms with E-state index in [1.807, 2.05) is 66.7 Å². The largest absolute Gasteiger partial charge is 0.466 e. The van der Waals surface area contributed by atoms with Crippen LogP contribution in [-0.2, 0) is 23.9 Å². The number of rotatable bonds is 13. The Bertz CT molecular complexity index is 1030. The Morgan fingerprint density at radius 3 is 2.15 bits per heavy atom. The number of carbonyl (C=O) groups is 4. The summed E-state index contributed by atoms with van der Waals surface area (Å²) < 4.78 is 10.5. The Kier molecular flexibility index (Phi) is 13.1. The molecule has 0 radical (unpaired) electrons. The molecule has 0 heterocycles. The minimum atomic E-state index is -1.00. The molecule has 0 aromatic heterocycles. The predicted octanol–water partition coefficient (Wildman–Crippen LogP) is 5.37. The maximum absolute atomic E-state index is 14.5. The Hall–Kier alpha value is -3.10. The van der Waals surface area contributed by atoms with Gasteiger partial charge in [0.1, 0.15) is 17.7 Å². The third-order valence-electron chi connectivity index (χ3n) is 6.83. The highest BCUT2D eigenvalue weighted by Gasteiger charge is 2.43. The van der Waals surface area contributed by atoms with Crippen LogP contribution in [0.2, 0.25) is 0 Å². The van der Waals surface area contributed by atoms with Crippen molar-refractivity contribution < 1.29 is 28.7 Å². The van der Waals surface area contributed by atoms with E-state index in [0.717, 1.165) is 11.1 Å². The molecule has 9 nitrogen and oxygen atoms in total. The van der Waals surface area contributed by atoms with Crippen LogP contribution in [-0.4, -0.2) is 59.1 Å². The van der Waals surface area contributed by atoms with Gasteiger partial charge in [-0.25, -0.2) is 4.79 Å². The van der Waals surface area contributed by atoms with Gasteiger partial charge in [-0.1, -0.05) is 39.0 Å². The van der Waals surface area contributed by atoms with Crippen molar-refractivity contribution in [1.82, 2.24) is 15.5 Å². The van der Waals surface area contributed by atoms with Crippen molar-refractivity contribution in [3.63, 3.8) is 0 Å². The van der Waals surface area contributed by atoms with E-state index >= 15 is 0 Å². The molecule has 0 spiro atoms. The SMILES string of the molecule is CCOC(=O)CCNC(=O)C(c1cccc(C)c1C)N(C(=O)C(CC(C)C)NC(=O)OC(C)(C)C)C(C)(C)CC. The van der Waals surface area contributed by atoms with Crippen LogP contribution in [0.15, 0.2) is 18.2 Å². The molecule has 40 heavy (non-hydrogen) atoms. The van der Waals surface area contributed by atoms with Crippen molar-refractivity contribution in [2.45, 2.75) is 119 Å². The number of alkyl carbamates (subject to hydrolysis) is 1. The summed E-state index contributed by atoms with van der Waals surface area (Å²) in [7, 11) is 0. The van der Waals surface area contributed by atoms with Gasteiger partial charge >= 0.3 is 12.1 Å². The molecule has 0 aliphatic carbocycles. The van der Waals surface area contributed by atoms with Gasteiger partial charge < -0.3 is 25.0 Å². The third kappa shape index (κ3) is 10.5. The van der Waals surface area contributed by atoms with E-state index in [9.17, 15) is 19.2 Å². The number of benzene rings is 1. The van der Waals surface area contributed by atoms with Crippen LogP contribution in [0.3, 0.4) is 0 Å². The lowest BCUT2D eigenvalue weighted by molar-refractivity contribution is -0.150. The number of carbonyl (C=O) groups excluding carboxylic acids is 4. The Balaban J connectivity index is 3.65. The van der Waals surface area contributed by atoms with E-state index in [0.29, 0.717) is 18.4 Å². The maximum Gasteiger partial charge on any atom is 0.408 e. The molecule has 0 fully saturated rings. The molecule has 1 aromatic carbocycles. The van der Waals surface area contributed by atoms with Gasteiger partial charge in [-0.3, -0.25) is 14.4 Å². The van der Waals surface area contributed by atoms with Crippen molar-refractivity contribution in [3.8, 4) is 0 Å². The van der Waals surface area contributed by atoms with Gasteiger partial charge in [0.25, 0.3) is 0 Å². The molecular formula is C31H51N3O6. The number of hydrogen-bond donors (Lipinski definition) is 2. The van der Waals surface area contributed by atoms with E-state index in [1.54, 1.807) is 32.6 Å². The van der Waals surface area contributed by atoms with Crippen LogP contribution in [0, 0.1) is 19.8 Å². The topological polar surface area (TPSA) is 114 Å². The minimum absolute atomic E-state index is 0.0143. The van der Waals surface area contributed by atoms with Gasteiger partial charge in [-0.15, -0.1) is 0 Å². The van der Waals surface area contributed by atoms with Gasteiger partial charge in [-0.05, 0) is 90.8 Å². The Morgan fingerprint density at radius 2 is 1.62 bits per heavy atom. The van der Waals surface area contributed by atoms with E-state index < -0.39 is 41.2 Å². The van der Waals surface area contributed by atoms with Crippen LogP contribution in [0.5, 0.6) is 0 Å². The van der Waals surface area contributed by atoms with Gasteiger partial charge in [-0.2, -0.15) is 0 Å². The zero-order valence-corrected chi connectivity index (χ0v) is 26.4. The molecule has 0 aliphatic heterocycles. The fourth-order valence-electron chi connectivity index (χ4n) is 4.34. The second-order valence-electron chi connectivity index (χ2n) is 12.2. The van der Waals surface area contributed by atoms with Crippen LogP contribution < -0.4 is 10.6 Å². The first-order valence-electron chi connectivity index (χ1n) is 14.3. The molecule has 2 atom stereocenters. The average Bonchev–Trinajstić information content (AvgIpc) is 2.82. The molecule has 226 valence electrons. The minimum Gasteiger partial charge on any atom is -0.466 e. The van der Waals surface area contributed by atoms with Crippen LogP contribution in [0.25, 0.3) is 0 Å². The molecule has 0 bridgehead atoms. The zero-order valence-electron chi connectivity index (χ0n) is 26.4. The van der Waals surface area contributed by atoms with E-state index in [1.165, 1.54) is 0 Å². The van der Waals surface area contributed by atoms with Crippen molar-refractivity contribution in [1.29, 1.82) is 0 Å². The second-order valence-corrected chi connectivity index (χ2v) is 12.2. The van der Waals surface area contributed by atoms with E-state index in [-0.39, 0.29) is 31.4 Å². The molecule has 1 aromatic rings. The van der Waals surface area contributed by atoms with Crippen LogP contribution in [0.1, 0.15) is 104 Å². The lowest BCUT2D eigenvalue weighted by Crippen LogP contribution is -2.59. The molecule has 9 heteroatoms. The number of hydrogen-bond acceptors (Lipinski definition) is 6. The summed E-state index contributed by atoms with van der Waals surface area (Å²) in [6, 6.07) is 3.75. The monoisotopic (exact) mass is 561 g/mol. The predicted molar refractivity (Wildman–Crippen MR) is 157 cm³/mol. The molecule has 0 saturated heterocycles. The summed E-state index contributed by atoms with van der Waals surface area (Å²) in [6.07, 6.45) is 0.235. The summed E-state index contributed by atoms with van der Waals surface area (Å²) in [5.41, 5.74) is 1.05. The highest BCUT2D eigenvalue weighted by atomic mass is 16.6. The molecule has 2 N–H and O–H groups in total. The number of aryl methyl sites for hydroxylation is 1. The normalized spacial score (nSPS) is 13.3. The van der Waals surface area contributed by atoms with Gasteiger partial charge in [0, 0.05) is 12.1 Å². The summed E-state index contributed by atoms with van der Waals surface area (Å²) in [6.45, 7) is 20.9. The highest BCUT2D eigenvalue weighted by molar-refractivity contribution is 5.93. The van der Waals surface area contributed by atoms with Crippen molar-refractivity contribution in [2.24, 2.45) is 5.92 Å². The fourth-order valence-corrected chi connectivity index (χ4v) is 4.34. The van der Waals surface area contributed by atoms with Crippen LogP contribution >= 0.6 is 0 Å². The lowest BCUT2D eigenvalue weighted by Gasteiger charge is -2.45. The maximum atomic E-state index is 14.5. The molecule has 1 rings (SSSR count). The quantitative estimate of drug-likeness (QED) is 0.313. The highest BCUT2D eigenvalue weighted by Crippen LogP contribution is 2.35. The number of nitrogens with zero attached hydrogens (tertiary/aromatic N) is 1. The number of nitrogens with one attached hydrogen (secondary N) is 2. The third-order valence-corrected chi connectivity index (χ3v) is 6.83. The molecular weight excluding hydrogens is 510 g/mol. The number of ether oxygens (including phenoxy) is 2. The average molecular weight is 562 g/mol. The lowest BCUT2D eigenvalue weighted by atomic mass is 9.88. The van der Waals surface area contributed by atoms with Crippen molar-refractivity contribution >= 4 is 23.9 Å². The number of esters is 1. The summed E-state index contributed by atoms with van der Waals surface area (Å²) in [5.74, 6) is -1.12. The molecule has 2 unspecified atom stereocenters. The Labute approximate surface area is 240 Å². The summed E-state index contributed by atoms with van der Waals surface area (Å²) in [4.78, 5) is 54.7. The molecule has 3 amide bonds. The van der Waals surface area contributed by atoms with Crippen molar-refractivity contribution in [2.75, 3.05) is 13.2 Å². The smallest absolute Gasteiger partial charge is 0.408 e. The Morgan fingerprint density at radius 1 is 1.00 bits per heavy atom. The van der Waals surface area contributed by atoms with Crippen molar-refractivity contribution in [3.05, 3.63) is 34.9 Å². The molecule has 0 aliphatic rings. The second kappa shape index (κ2) is 15.1. The standard InChI is InChI=1S/C31H51N3O6/c1-12-31(10,11)34(28(37)24(19-20(3)4)33-29(38)40-30(7,8)9)26(23-16-14-15-21(5)22(23)6)27(36)32-18-17-25(35)39-13-2/h14-16,20,24,26H,12-13,17-19H2,1-11H3,(H,32,36)(H,33,38). The van der Waals surface area contributed by atoms with E-state index in [2.05, 4.69) is 10.6 Å². The summed E-state index contributed by atoms with van der Waals surface area (Å²) in [5, 5.41) is 5.63. The molecule has 0 saturated carbocycles. The van der Waals surface area contributed by atoms with Gasteiger partial charge in [0.2, 0.25) is 11.8 Å². The zero-order chi connectivity index (χ0) is 30.8.